The van der Waals surface area contributed by atoms with Crippen LogP contribution in [0.1, 0.15) is 12.0 Å². The number of hydrogen-bond acceptors (Lipinski definition) is 2. The lowest BCUT2D eigenvalue weighted by molar-refractivity contribution is -0.130. The van der Waals surface area contributed by atoms with Gasteiger partial charge in [-0.15, -0.1) is 0 Å². The number of halogens is 1. The second-order valence-electron chi connectivity index (χ2n) is 4.26. The van der Waals surface area contributed by atoms with Crippen LogP contribution in [0.2, 0.25) is 0 Å². The van der Waals surface area contributed by atoms with Gasteiger partial charge in [-0.05, 0) is 24.1 Å². The Morgan fingerprint density at radius 2 is 2.00 bits per heavy atom. The van der Waals surface area contributed by atoms with Crippen molar-refractivity contribution in [2.45, 2.75) is 12.8 Å². The molecule has 1 amide bonds. The topological polar surface area (TPSA) is 32.3 Å². The Labute approximate surface area is 101 Å². The van der Waals surface area contributed by atoms with Crippen LogP contribution >= 0.6 is 0 Å². The predicted molar refractivity (Wildman–Crippen MR) is 64.2 cm³/mol. The number of nitrogens with one attached hydrogen (secondary N) is 1. The highest BCUT2D eigenvalue weighted by Gasteiger charge is 2.15. The molecule has 0 saturated carbocycles. The molecule has 0 atom stereocenters. The summed E-state index contributed by atoms with van der Waals surface area (Å²) in [4.78, 5) is 13.6. The molecule has 2 rings (SSSR count). The zero-order valence-electron chi connectivity index (χ0n) is 9.79. The van der Waals surface area contributed by atoms with Crippen LogP contribution in [0.3, 0.4) is 0 Å². The first-order valence-corrected chi connectivity index (χ1v) is 5.98. The van der Waals surface area contributed by atoms with Gasteiger partial charge in [-0.3, -0.25) is 4.79 Å². The average Bonchev–Trinajstić information content (AvgIpc) is 2.54. The van der Waals surface area contributed by atoms with Gasteiger partial charge in [0.05, 0.1) is 0 Å². The van der Waals surface area contributed by atoms with Crippen molar-refractivity contribution in [2.75, 3.05) is 26.2 Å². The molecular weight excluding hydrogens is 219 g/mol. The summed E-state index contributed by atoms with van der Waals surface area (Å²) in [5.41, 5.74) is 1.07. The summed E-state index contributed by atoms with van der Waals surface area (Å²) >= 11 is 0. The number of nitrogens with zero attached hydrogens (tertiary/aromatic N) is 1. The second-order valence-corrected chi connectivity index (χ2v) is 4.26. The molecule has 0 unspecified atom stereocenters. The van der Waals surface area contributed by atoms with E-state index in [0.29, 0.717) is 13.0 Å². The molecule has 3 nitrogen and oxygen atoms in total. The second kappa shape index (κ2) is 5.77. The molecule has 1 fully saturated rings. The first-order valence-electron chi connectivity index (χ1n) is 5.98. The van der Waals surface area contributed by atoms with Gasteiger partial charge in [-0.25, -0.2) is 4.39 Å². The zero-order valence-corrected chi connectivity index (χ0v) is 9.79. The van der Waals surface area contributed by atoms with E-state index in [9.17, 15) is 9.18 Å². The molecule has 1 heterocycles. The smallest absolute Gasteiger partial charge is 0.223 e. The Bertz CT molecular complexity index is 378. The molecule has 0 aromatic heterocycles. The molecular formula is C13H17FN2O. The first kappa shape index (κ1) is 12.0. The predicted octanol–water partition coefficient (Wildman–Crippen LogP) is 1.19. The van der Waals surface area contributed by atoms with Crippen LogP contribution < -0.4 is 5.32 Å². The standard InChI is InChI=1S/C13H17FN2O/c14-12-3-1-11(2-4-12)6-9-16-10-8-15-7-5-13(16)17/h1-4,15H,5-10H2. The van der Waals surface area contributed by atoms with Gasteiger partial charge < -0.3 is 10.2 Å². The van der Waals surface area contributed by atoms with E-state index in [-0.39, 0.29) is 11.7 Å². The molecule has 4 heteroatoms. The molecule has 1 aliphatic rings. The van der Waals surface area contributed by atoms with Gasteiger partial charge in [0, 0.05) is 32.6 Å². The van der Waals surface area contributed by atoms with E-state index in [0.717, 1.165) is 31.6 Å². The lowest BCUT2D eigenvalue weighted by Gasteiger charge is -2.20. The Morgan fingerprint density at radius 3 is 2.76 bits per heavy atom. The molecule has 1 aliphatic heterocycles. The van der Waals surface area contributed by atoms with Crippen LogP contribution in [-0.4, -0.2) is 37.0 Å². The first-order chi connectivity index (χ1) is 8.25. The van der Waals surface area contributed by atoms with E-state index >= 15 is 0 Å². The van der Waals surface area contributed by atoms with Crippen molar-refractivity contribution in [3.05, 3.63) is 35.6 Å². The largest absolute Gasteiger partial charge is 0.341 e. The highest BCUT2D eigenvalue weighted by Crippen LogP contribution is 2.06. The van der Waals surface area contributed by atoms with Crippen molar-refractivity contribution >= 4 is 5.91 Å². The van der Waals surface area contributed by atoms with Crippen molar-refractivity contribution in [3.63, 3.8) is 0 Å². The Balaban J connectivity index is 1.88. The number of benzene rings is 1. The zero-order chi connectivity index (χ0) is 12.1. The third-order valence-corrected chi connectivity index (χ3v) is 3.01. The van der Waals surface area contributed by atoms with E-state index in [1.807, 2.05) is 4.90 Å². The minimum atomic E-state index is -0.219. The van der Waals surface area contributed by atoms with E-state index in [1.54, 1.807) is 12.1 Å². The average molecular weight is 236 g/mol. The minimum Gasteiger partial charge on any atom is -0.341 e. The lowest BCUT2D eigenvalue weighted by atomic mass is 10.1. The van der Waals surface area contributed by atoms with E-state index in [1.165, 1.54) is 12.1 Å². The van der Waals surface area contributed by atoms with Crippen molar-refractivity contribution in [1.82, 2.24) is 10.2 Å². The maximum atomic E-state index is 12.7. The van der Waals surface area contributed by atoms with Crippen LogP contribution in [0.25, 0.3) is 0 Å². The van der Waals surface area contributed by atoms with E-state index in [2.05, 4.69) is 5.32 Å². The van der Waals surface area contributed by atoms with Crippen molar-refractivity contribution < 1.29 is 9.18 Å². The summed E-state index contributed by atoms with van der Waals surface area (Å²) in [7, 11) is 0. The normalized spacial score (nSPS) is 17.0. The molecule has 1 saturated heterocycles. The highest BCUT2D eigenvalue weighted by atomic mass is 19.1. The SMILES string of the molecule is O=C1CCNCCN1CCc1ccc(F)cc1. The van der Waals surface area contributed by atoms with Gasteiger partial charge in [0.15, 0.2) is 0 Å². The van der Waals surface area contributed by atoms with Gasteiger partial charge in [0.25, 0.3) is 0 Å². The third-order valence-electron chi connectivity index (χ3n) is 3.01. The monoisotopic (exact) mass is 236 g/mol. The number of carbonyl (C=O) groups is 1. The molecule has 92 valence electrons. The maximum Gasteiger partial charge on any atom is 0.223 e. The fourth-order valence-electron chi connectivity index (χ4n) is 1.97. The van der Waals surface area contributed by atoms with Gasteiger partial charge in [-0.1, -0.05) is 12.1 Å². The number of rotatable bonds is 3. The van der Waals surface area contributed by atoms with Gasteiger partial charge in [0.1, 0.15) is 5.82 Å². The van der Waals surface area contributed by atoms with Crippen LogP contribution in [0, 0.1) is 5.82 Å². The van der Waals surface area contributed by atoms with E-state index < -0.39 is 0 Å². The van der Waals surface area contributed by atoms with Crippen molar-refractivity contribution in [1.29, 1.82) is 0 Å². The summed E-state index contributed by atoms with van der Waals surface area (Å²) in [6, 6.07) is 6.47. The van der Waals surface area contributed by atoms with Crippen molar-refractivity contribution in [2.24, 2.45) is 0 Å². The van der Waals surface area contributed by atoms with Crippen LogP contribution in [0.5, 0.6) is 0 Å². The van der Waals surface area contributed by atoms with Crippen LogP contribution in [-0.2, 0) is 11.2 Å². The van der Waals surface area contributed by atoms with Gasteiger partial charge in [0.2, 0.25) is 5.91 Å². The lowest BCUT2D eigenvalue weighted by Crippen LogP contribution is -2.34. The Hall–Kier alpha value is -1.42. The summed E-state index contributed by atoms with van der Waals surface area (Å²) in [6.07, 6.45) is 1.36. The molecule has 1 N–H and O–H groups in total. The fourth-order valence-corrected chi connectivity index (χ4v) is 1.97. The molecule has 1 aromatic rings. The van der Waals surface area contributed by atoms with E-state index in [4.69, 9.17) is 0 Å². The fraction of sp³-hybridized carbons (Fsp3) is 0.462. The number of hydrogen-bond donors (Lipinski definition) is 1. The summed E-state index contributed by atoms with van der Waals surface area (Å²) in [5, 5.41) is 3.20. The molecule has 0 radical (unpaired) electrons. The molecule has 1 aromatic carbocycles. The molecule has 17 heavy (non-hydrogen) atoms. The number of carbonyl (C=O) groups excluding carboxylic acids is 1. The highest BCUT2D eigenvalue weighted by molar-refractivity contribution is 5.76. The maximum absolute atomic E-state index is 12.7. The molecule has 0 aliphatic carbocycles. The van der Waals surface area contributed by atoms with Crippen LogP contribution in [0.15, 0.2) is 24.3 Å². The van der Waals surface area contributed by atoms with Gasteiger partial charge in [-0.2, -0.15) is 0 Å². The quantitative estimate of drug-likeness (QED) is 0.855. The summed E-state index contributed by atoms with van der Waals surface area (Å²) in [5.74, 6) is -0.0130. The Morgan fingerprint density at radius 1 is 1.24 bits per heavy atom. The summed E-state index contributed by atoms with van der Waals surface area (Å²) < 4.78 is 12.7. The van der Waals surface area contributed by atoms with Gasteiger partial charge >= 0.3 is 0 Å². The minimum absolute atomic E-state index is 0.206. The molecule has 0 bridgehead atoms. The molecule has 0 spiro atoms. The Kier molecular flexibility index (Phi) is 4.09. The van der Waals surface area contributed by atoms with Crippen molar-refractivity contribution in [3.8, 4) is 0 Å². The third kappa shape index (κ3) is 3.53. The van der Waals surface area contributed by atoms with Crippen LogP contribution in [0.4, 0.5) is 4.39 Å². The summed E-state index contributed by atoms with van der Waals surface area (Å²) in [6.45, 7) is 3.10. The number of amides is 1.